The Morgan fingerprint density at radius 1 is 1.03 bits per heavy atom. The molecule has 0 fully saturated rings. The van der Waals surface area contributed by atoms with Crippen LogP contribution in [0, 0.1) is 11.3 Å². The summed E-state index contributed by atoms with van der Waals surface area (Å²) < 4.78 is 2.65. The maximum absolute atomic E-state index is 8.90. The van der Waals surface area contributed by atoms with E-state index in [1.165, 1.54) is 36.5 Å². The molecule has 3 aromatic carbocycles. The molecule has 0 atom stereocenters. The summed E-state index contributed by atoms with van der Waals surface area (Å²) in [4.78, 5) is 2.89. The summed E-state index contributed by atoms with van der Waals surface area (Å²) in [6.45, 7) is 0. The maximum atomic E-state index is 8.90. The Balaban J connectivity index is 1.44. The molecule has 0 aliphatic rings. The van der Waals surface area contributed by atoms with Crippen molar-refractivity contribution in [1.82, 2.24) is 4.98 Å². The average molecular weight is 406 g/mol. The summed E-state index contributed by atoms with van der Waals surface area (Å²) in [6, 6.07) is 23.6. The second kappa shape index (κ2) is 7.55. The molecule has 0 amide bonds. The number of aromatic amines is 1. The summed E-state index contributed by atoms with van der Waals surface area (Å²) >= 11 is 1.85. The summed E-state index contributed by atoms with van der Waals surface area (Å²) in [5, 5.41) is 14.2. The van der Waals surface area contributed by atoms with Gasteiger partial charge in [0.2, 0.25) is 0 Å². The van der Waals surface area contributed by atoms with E-state index in [0.29, 0.717) is 11.4 Å². The van der Waals surface area contributed by atoms with Gasteiger partial charge in [-0.2, -0.15) is 5.26 Å². The lowest BCUT2D eigenvalue weighted by molar-refractivity contribution is 1.28. The molecule has 0 spiro atoms. The largest absolute Gasteiger partial charge is 0.398 e. The number of hydrogen-bond acceptors (Lipinski definition) is 3. The zero-order chi connectivity index (χ0) is 20.5. The molecule has 0 saturated heterocycles. The van der Waals surface area contributed by atoms with Crippen LogP contribution in [0.4, 0.5) is 0 Å². The second-order valence-corrected chi connectivity index (χ2v) is 8.34. The van der Waals surface area contributed by atoms with Crippen LogP contribution in [0.15, 0.2) is 85.1 Å². The number of hydrogen-bond donors (Lipinski definition) is 2. The second-order valence-electron chi connectivity index (χ2n) is 7.26. The first kappa shape index (κ1) is 18.2. The van der Waals surface area contributed by atoms with Gasteiger partial charge in [-0.1, -0.05) is 48.6 Å². The minimum atomic E-state index is 0.508. The molecule has 0 unspecified atom stereocenters. The van der Waals surface area contributed by atoms with E-state index >= 15 is 0 Å². The molecule has 3 N–H and O–H groups in total. The number of nitrogens with zero attached hydrogens (tertiary/aromatic N) is 1. The van der Waals surface area contributed by atoms with Gasteiger partial charge >= 0.3 is 0 Å². The molecule has 30 heavy (non-hydrogen) atoms. The fourth-order valence-electron chi connectivity index (χ4n) is 3.82. The highest BCUT2D eigenvalue weighted by atomic mass is 32.1. The molecule has 0 saturated carbocycles. The highest BCUT2D eigenvalue weighted by molar-refractivity contribution is 7.26. The summed E-state index contributed by atoms with van der Waals surface area (Å²) in [5.41, 5.74) is 9.34. The van der Waals surface area contributed by atoms with Crippen LogP contribution in [0.2, 0.25) is 0 Å². The fraction of sp³-hybridized carbons (Fsp3) is 0.0385. The van der Waals surface area contributed by atoms with Gasteiger partial charge in [-0.3, -0.25) is 0 Å². The number of fused-ring (bicyclic) bond motifs is 5. The first-order chi connectivity index (χ1) is 14.7. The quantitative estimate of drug-likeness (QED) is 0.335. The Hall–Kier alpha value is -3.81. The van der Waals surface area contributed by atoms with Crippen LogP contribution in [0.3, 0.4) is 0 Å². The van der Waals surface area contributed by atoms with Gasteiger partial charge in [0.25, 0.3) is 0 Å². The number of benzene rings is 3. The lowest BCUT2D eigenvalue weighted by Gasteiger charge is -2.01. The molecule has 2 aromatic heterocycles. The molecule has 3 nitrogen and oxygen atoms in total. The molecule has 2 heterocycles. The van der Waals surface area contributed by atoms with Gasteiger partial charge in [0.05, 0.1) is 0 Å². The summed E-state index contributed by atoms with van der Waals surface area (Å²) in [6.07, 6.45) is 8.53. The van der Waals surface area contributed by atoms with Crippen LogP contribution in [0.25, 0.3) is 36.6 Å². The van der Waals surface area contributed by atoms with Crippen LogP contribution in [-0.4, -0.2) is 4.98 Å². The van der Waals surface area contributed by atoms with Gasteiger partial charge in [0.15, 0.2) is 0 Å². The van der Waals surface area contributed by atoms with Crippen molar-refractivity contribution in [3.63, 3.8) is 0 Å². The van der Waals surface area contributed by atoms with Gasteiger partial charge in [-0.05, 0) is 53.1 Å². The van der Waals surface area contributed by atoms with Gasteiger partial charge < -0.3 is 10.7 Å². The Morgan fingerprint density at radius 2 is 1.90 bits per heavy atom. The minimum absolute atomic E-state index is 0.508. The number of thiophene rings is 1. The number of nitriles is 1. The van der Waals surface area contributed by atoms with Gasteiger partial charge in [0, 0.05) is 37.6 Å². The number of allylic oxidation sites excluding steroid dienone is 3. The predicted octanol–water partition coefficient (Wildman–Crippen LogP) is 6.51. The third-order valence-corrected chi connectivity index (χ3v) is 6.46. The van der Waals surface area contributed by atoms with Crippen LogP contribution in [-0.2, 0) is 6.42 Å². The van der Waals surface area contributed by atoms with Crippen molar-refractivity contribution in [2.45, 2.75) is 6.42 Å². The number of nitrogens with one attached hydrogen (secondary N) is 1. The zero-order valence-electron chi connectivity index (χ0n) is 16.2. The molecular formula is C26H19N3S. The molecule has 0 aliphatic heterocycles. The van der Waals surface area contributed by atoms with Crippen molar-refractivity contribution in [1.29, 1.82) is 5.26 Å². The normalized spacial score (nSPS) is 12.3. The topological polar surface area (TPSA) is 65.6 Å². The Bertz CT molecular complexity index is 1490. The molecule has 0 bridgehead atoms. The van der Waals surface area contributed by atoms with Crippen molar-refractivity contribution in [2.24, 2.45) is 5.73 Å². The molecular weight excluding hydrogens is 386 g/mol. The molecule has 5 aromatic rings. The fourth-order valence-corrected chi connectivity index (χ4v) is 4.92. The highest BCUT2D eigenvalue weighted by Crippen LogP contribution is 2.38. The van der Waals surface area contributed by atoms with Crippen molar-refractivity contribution >= 4 is 48.0 Å². The van der Waals surface area contributed by atoms with E-state index in [4.69, 9.17) is 11.0 Å². The SMILES string of the molecule is N#Cc1cc(/C(N)=C/C=C\Cc2ccc3sc4ccc5ccccc5c4c3c2)c[nH]1. The van der Waals surface area contributed by atoms with Crippen molar-refractivity contribution in [2.75, 3.05) is 0 Å². The molecule has 144 valence electrons. The first-order valence-corrected chi connectivity index (χ1v) is 10.6. The number of aromatic nitrogens is 1. The van der Waals surface area contributed by atoms with E-state index in [2.05, 4.69) is 71.7 Å². The molecule has 4 heteroatoms. The summed E-state index contributed by atoms with van der Waals surface area (Å²) in [5.74, 6) is 0. The highest BCUT2D eigenvalue weighted by Gasteiger charge is 2.09. The van der Waals surface area contributed by atoms with Crippen molar-refractivity contribution in [3.05, 3.63) is 102 Å². The van der Waals surface area contributed by atoms with E-state index in [1.54, 1.807) is 12.3 Å². The third kappa shape index (κ3) is 3.26. The maximum Gasteiger partial charge on any atom is 0.118 e. The van der Waals surface area contributed by atoms with Crippen LogP contribution in [0.5, 0.6) is 0 Å². The number of nitrogens with two attached hydrogens (primary N) is 1. The van der Waals surface area contributed by atoms with Gasteiger partial charge in [-0.15, -0.1) is 11.3 Å². The van der Waals surface area contributed by atoms with Crippen LogP contribution >= 0.6 is 11.3 Å². The lowest BCUT2D eigenvalue weighted by atomic mass is 10.0. The van der Waals surface area contributed by atoms with E-state index in [1.807, 2.05) is 23.5 Å². The van der Waals surface area contributed by atoms with E-state index in [0.717, 1.165) is 12.0 Å². The summed E-state index contributed by atoms with van der Waals surface area (Å²) in [7, 11) is 0. The minimum Gasteiger partial charge on any atom is -0.398 e. The lowest BCUT2D eigenvalue weighted by Crippen LogP contribution is -1.93. The first-order valence-electron chi connectivity index (χ1n) is 9.77. The zero-order valence-corrected chi connectivity index (χ0v) is 17.0. The van der Waals surface area contributed by atoms with Crippen LogP contribution in [0.1, 0.15) is 16.8 Å². The smallest absolute Gasteiger partial charge is 0.118 e. The third-order valence-electron chi connectivity index (χ3n) is 5.33. The molecule has 0 aliphatic carbocycles. The average Bonchev–Trinajstić information content (AvgIpc) is 3.41. The van der Waals surface area contributed by atoms with E-state index in [9.17, 15) is 0 Å². The predicted molar refractivity (Wildman–Crippen MR) is 127 cm³/mol. The number of H-pyrrole nitrogens is 1. The van der Waals surface area contributed by atoms with Crippen molar-refractivity contribution < 1.29 is 0 Å². The van der Waals surface area contributed by atoms with Crippen molar-refractivity contribution in [3.8, 4) is 6.07 Å². The molecule has 5 rings (SSSR count). The monoisotopic (exact) mass is 405 g/mol. The standard InChI is InChI=1S/C26H19N3S/c27-15-20-14-19(16-29-20)23(28)8-4-1-5-17-9-11-24-22(13-17)26-21-7-3-2-6-18(21)10-12-25(26)30-24/h1-4,6-14,16,29H,5,28H2/b4-1-,23-8-. The number of rotatable bonds is 4. The van der Waals surface area contributed by atoms with Crippen LogP contribution < -0.4 is 5.73 Å². The Labute approximate surface area is 178 Å². The Kier molecular flexibility index (Phi) is 4.59. The molecule has 0 radical (unpaired) electrons. The van der Waals surface area contributed by atoms with E-state index < -0.39 is 0 Å². The van der Waals surface area contributed by atoms with Gasteiger partial charge in [0.1, 0.15) is 11.8 Å². The van der Waals surface area contributed by atoms with E-state index in [-0.39, 0.29) is 0 Å². The van der Waals surface area contributed by atoms with Gasteiger partial charge in [-0.25, -0.2) is 0 Å². The Morgan fingerprint density at radius 3 is 2.77 bits per heavy atom.